The lowest BCUT2D eigenvalue weighted by Gasteiger charge is -2.33. The molecular formula is C14H23N3O2S2. The third-order valence-electron chi connectivity index (χ3n) is 4.39. The van der Waals surface area contributed by atoms with Gasteiger partial charge in [0.25, 0.3) is 0 Å². The number of rotatable bonds is 5. The first kappa shape index (κ1) is 15.2. The summed E-state index contributed by atoms with van der Waals surface area (Å²) in [4.78, 5) is 8.00. The van der Waals surface area contributed by atoms with Gasteiger partial charge in [0.1, 0.15) is 0 Å². The minimum atomic E-state index is -3.02. The second-order valence-corrected chi connectivity index (χ2v) is 9.74. The zero-order valence-corrected chi connectivity index (χ0v) is 14.3. The molecule has 0 radical (unpaired) electrons. The summed E-state index contributed by atoms with van der Waals surface area (Å²) in [5, 5.41) is 1.01. The van der Waals surface area contributed by atoms with E-state index < -0.39 is 10.0 Å². The molecule has 7 heteroatoms. The molecule has 0 aromatic carbocycles. The van der Waals surface area contributed by atoms with Crippen LogP contribution < -0.4 is 4.90 Å². The van der Waals surface area contributed by atoms with E-state index >= 15 is 0 Å². The molecule has 1 aliphatic heterocycles. The lowest BCUT2D eigenvalue weighted by atomic mass is 9.97. The molecule has 1 saturated carbocycles. The maximum Gasteiger partial charge on any atom is 0.216 e. The molecule has 118 valence electrons. The summed E-state index contributed by atoms with van der Waals surface area (Å²) in [5.41, 5.74) is 0. The van der Waals surface area contributed by atoms with Crippen molar-refractivity contribution in [2.45, 2.75) is 37.9 Å². The van der Waals surface area contributed by atoms with Gasteiger partial charge in [0.05, 0.1) is 5.25 Å². The van der Waals surface area contributed by atoms with Gasteiger partial charge in [0, 0.05) is 37.8 Å². The largest absolute Gasteiger partial charge is 0.348 e. The van der Waals surface area contributed by atoms with E-state index in [9.17, 15) is 8.42 Å². The van der Waals surface area contributed by atoms with Gasteiger partial charge in [-0.3, -0.25) is 0 Å². The summed E-state index contributed by atoms with van der Waals surface area (Å²) in [5.74, 6) is 0.473. The Bertz CT molecular complexity index is 587. The average molecular weight is 329 g/mol. The third-order valence-corrected chi connectivity index (χ3v) is 7.69. The number of piperidine rings is 1. The summed E-state index contributed by atoms with van der Waals surface area (Å²) in [6.07, 6.45) is 5.69. The molecule has 1 aromatic rings. The Labute approximate surface area is 131 Å². The van der Waals surface area contributed by atoms with Crippen molar-refractivity contribution in [3.05, 3.63) is 11.1 Å². The van der Waals surface area contributed by atoms with Crippen LogP contribution in [-0.2, 0) is 10.0 Å². The zero-order chi connectivity index (χ0) is 15.0. The van der Waals surface area contributed by atoms with Crippen molar-refractivity contribution < 1.29 is 8.42 Å². The van der Waals surface area contributed by atoms with Crippen LogP contribution in [0.15, 0.2) is 6.20 Å². The standard InChI is InChI=1S/C14H23N3O2S2/c1-11-9-15-14(20-11)17-7-5-12(6-8-17)10-16(2)21(18,19)13-3-4-13/h9,12-13H,3-8,10H2,1-2H3. The van der Waals surface area contributed by atoms with E-state index in [-0.39, 0.29) is 5.25 Å². The van der Waals surface area contributed by atoms with Crippen molar-refractivity contribution in [2.75, 3.05) is 31.6 Å². The van der Waals surface area contributed by atoms with Gasteiger partial charge in [-0.1, -0.05) is 0 Å². The van der Waals surface area contributed by atoms with Crippen molar-refractivity contribution in [1.82, 2.24) is 9.29 Å². The highest BCUT2D eigenvalue weighted by molar-refractivity contribution is 7.90. The quantitative estimate of drug-likeness (QED) is 0.830. The van der Waals surface area contributed by atoms with Crippen LogP contribution in [0.3, 0.4) is 0 Å². The van der Waals surface area contributed by atoms with Crippen LogP contribution in [-0.4, -0.2) is 49.6 Å². The highest BCUT2D eigenvalue weighted by Gasteiger charge is 2.39. The van der Waals surface area contributed by atoms with Crippen molar-refractivity contribution in [3.63, 3.8) is 0 Å². The van der Waals surface area contributed by atoms with E-state index in [1.54, 1.807) is 22.7 Å². The Balaban J connectivity index is 1.52. The van der Waals surface area contributed by atoms with Gasteiger partial charge < -0.3 is 4.90 Å². The summed E-state index contributed by atoms with van der Waals surface area (Å²) in [6, 6.07) is 0. The van der Waals surface area contributed by atoms with E-state index in [4.69, 9.17) is 0 Å². The molecule has 2 heterocycles. The minimum Gasteiger partial charge on any atom is -0.348 e. The van der Waals surface area contributed by atoms with Gasteiger partial charge in [-0.15, -0.1) is 11.3 Å². The van der Waals surface area contributed by atoms with Gasteiger partial charge >= 0.3 is 0 Å². The molecule has 0 spiro atoms. The summed E-state index contributed by atoms with van der Waals surface area (Å²) >= 11 is 1.73. The van der Waals surface area contributed by atoms with E-state index in [0.29, 0.717) is 12.5 Å². The molecule has 0 N–H and O–H groups in total. The van der Waals surface area contributed by atoms with E-state index in [1.807, 2.05) is 6.20 Å². The molecule has 0 bridgehead atoms. The Kier molecular flexibility index (Phi) is 4.25. The lowest BCUT2D eigenvalue weighted by Crippen LogP contribution is -2.40. The van der Waals surface area contributed by atoms with Gasteiger partial charge in [-0.25, -0.2) is 17.7 Å². The highest BCUT2D eigenvalue weighted by Crippen LogP contribution is 2.32. The first-order valence-electron chi connectivity index (χ1n) is 7.59. The predicted molar refractivity (Wildman–Crippen MR) is 86.4 cm³/mol. The van der Waals surface area contributed by atoms with Crippen molar-refractivity contribution in [1.29, 1.82) is 0 Å². The van der Waals surface area contributed by atoms with Crippen molar-refractivity contribution >= 4 is 26.5 Å². The molecule has 0 atom stereocenters. The van der Waals surface area contributed by atoms with Gasteiger partial charge in [-0.05, 0) is 38.5 Å². The molecule has 0 amide bonds. The molecule has 21 heavy (non-hydrogen) atoms. The number of aryl methyl sites for hydroxylation is 1. The maximum absolute atomic E-state index is 12.2. The third kappa shape index (κ3) is 3.40. The minimum absolute atomic E-state index is 0.0964. The fourth-order valence-electron chi connectivity index (χ4n) is 2.88. The van der Waals surface area contributed by atoms with Gasteiger partial charge in [0.2, 0.25) is 10.0 Å². The summed E-state index contributed by atoms with van der Waals surface area (Å²) in [6.45, 7) is 4.71. The number of hydrogen-bond donors (Lipinski definition) is 0. The van der Waals surface area contributed by atoms with Crippen LogP contribution in [0.25, 0.3) is 0 Å². The number of aromatic nitrogens is 1. The number of sulfonamides is 1. The SMILES string of the molecule is Cc1cnc(N2CCC(CN(C)S(=O)(=O)C3CC3)CC2)s1. The van der Waals surface area contributed by atoms with Gasteiger partial charge in [0.15, 0.2) is 5.13 Å². The summed E-state index contributed by atoms with van der Waals surface area (Å²) in [7, 11) is -1.28. The molecule has 2 aliphatic rings. The zero-order valence-electron chi connectivity index (χ0n) is 12.7. The van der Waals surface area contributed by atoms with Crippen LogP contribution in [0, 0.1) is 12.8 Å². The molecule has 1 saturated heterocycles. The molecule has 5 nitrogen and oxygen atoms in total. The van der Waals surface area contributed by atoms with Crippen molar-refractivity contribution in [3.8, 4) is 0 Å². The topological polar surface area (TPSA) is 53.5 Å². The number of anilines is 1. The van der Waals surface area contributed by atoms with E-state index in [0.717, 1.165) is 43.9 Å². The Morgan fingerprint density at radius 3 is 2.52 bits per heavy atom. The Morgan fingerprint density at radius 2 is 2.00 bits per heavy atom. The van der Waals surface area contributed by atoms with Crippen LogP contribution >= 0.6 is 11.3 Å². The molecule has 1 aromatic heterocycles. The highest BCUT2D eigenvalue weighted by atomic mass is 32.2. The number of thiazole rings is 1. The fraction of sp³-hybridized carbons (Fsp3) is 0.786. The second kappa shape index (κ2) is 5.85. The van der Waals surface area contributed by atoms with Crippen LogP contribution in [0.2, 0.25) is 0 Å². The van der Waals surface area contributed by atoms with E-state index in [1.165, 1.54) is 4.88 Å². The Hall–Kier alpha value is -0.660. The first-order valence-corrected chi connectivity index (χ1v) is 9.91. The van der Waals surface area contributed by atoms with Crippen LogP contribution in [0.5, 0.6) is 0 Å². The number of hydrogen-bond acceptors (Lipinski definition) is 5. The first-order chi connectivity index (χ1) is 9.96. The Morgan fingerprint density at radius 1 is 1.33 bits per heavy atom. The fourth-order valence-corrected chi connectivity index (χ4v) is 5.35. The second-order valence-electron chi connectivity index (χ2n) is 6.21. The molecule has 2 fully saturated rings. The van der Waals surface area contributed by atoms with E-state index in [2.05, 4.69) is 16.8 Å². The molecule has 0 unspecified atom stereocenters. The van der Waals surface area contributed by atoms with Gasteiger partial charge in [-0.2, -0.15) is 0 Å². The normalized spacial score (nSPS) is 21.2. The smallest absolute Gasteiger partial charge is 0.216 e. The monoisotopic (exact) mass is 329 g/mol. The maximum atomic E-state index is 12.2. The molecular weight excluding hydrogens is 306 g/mol. The number of nitrogens with zero attached hydrogens (tertiary/aromatic N) is 3. The summed E-state index contributed by atoms with van der Waals surface area (Å²) < 4.78 is 25.9. The lowest BCUT2D eigenvalue weighted by molar-refractivity contribution is 0.327. The van der Waals surface area contributed by atoms with Crippen LogP contribution in [0.1, 0.15) is 30.6 Å². The predicted octanol–water partition coefficient (Wildman–Crippen LogP) is 2.09. The van der Waals surface area contributed by atoms with Crippen molar-refractivity contribution in [2.24, 2.45) is 5.92 Å². The molecule has 3 rings (SSSR count). The van der Waals surface area contributed by atoms with Crippen LogP contribution in [0.4, 0.5) is 5.13 Å². The molecule has 1 aliphatic carbocycles. The average Bonchev–Trinajstić information content (AvgIpc) is 3.23.